The van der Waals surface area contributed by atoms with Crippen molar-refractivity contribution in [2.75, 3.05) is 19.3 Å². The highest BCUT2D eigenvalue weighted by molar-refractivity contribution is 7.99. The summed E-state index contributed by atoms with van der Waals surface area (Å²) in [4.78, 5) is 41.5. The van der Waals surface area contributed by atoms with Crippen LogP contribution in [0, 0.1) is 5.41 Å². The summed E-state index contributed by atoms with van der Waals surface area (Å²) >= 11 is 1.71. The number of likely N-dealkylation sites (N-methyl/N-ethyl adjacent to an activating group) is 1. The summed E-state index contributed by atoms with van der Waals surface area (Å²) < 4.78 is 0. The van der Waals surface area contributed by atoms with Gasteiger partial charge in [-0.3, -0.25) is 14.4 Å². The van der Waals surface area contributed by atoms with Crippen molar-refractivity contribution >= 4 is 41.9 Å². The fourth-order valence-corrected chi connectivity index (χ4v) is 6.85. The van der Waals surface area contributed by atoms with Crippen molar-refractivity contribution in [3.63, 3.8) is 0 Å². The molecule has 35 heavy (non-hydrogen) atoms. The van der Waals surface area contributed by atoms with E-state index in [2.05, 4.69) is 40.7 Å². The molecule has 192 valence electrons. The first-order valence-electron chi connectivity index (χ1n) is 12.3. The van der Waals surface area contributed by atoms with Crippen molar-refractivity contribution in [3.8, 4) is 0 Å². The number of carbonyl (C=O) groups excluding carboxylic acids is 3. The van der Waals surface area contributed by atoms with Gasteiger partial charge in [-0.1, -0.05) is 30.3 Å². The highest BCUT2D eigenvalue weighted by atomic mass is 35.5. The Bertz CT molecular complexity index is 960. The van der Waals surface area contributed by atoms with Crippen LogP contribution in [0.3, 0.4) is 0 Å². The number of rotatable bonds is 7. The van der Waals surface area contributed by atoms with Gasteiger partial charge in [-0.25, -0.2) is 0 Å². The average Bonchev–Trinajstić information content (AvgIpc) is 3.16. The van der Waals surface area contributed by atoms with Crippen molar-refractivity contribution in [1.82, 2.24) is 20.9 Å². The van der Waals surface area contributed by atoms with Crippen LogP contribution in [0.5, 0.6) is 0 Å². The van der Waals surface area contributed by atoms with E-state index in [1.165, 1.54) is 11.1 Å². The average molecular weight is 521 g/mol. The number of thioether (sulfide) groups is 1. The Morgan fingerprint density at radius 2 is 2.03 bits per heavy atom. The number of nitrogens with zero attached hydrogens (tertiary/aromatic N) is 1. The van der Waals surface area contributed by atoms with Crippen molar-refractivity contribution < 1.29 is 14.4 Å². The van der Waals surface area contributed by atoms with Gasteiger partial charge in [0.1, 0.15) is 6.04 Å². The third-order valence-electron chi connectivity index (χ3n) is 7.52. The van der Waals surface area contributed by atoms with Crippen LogP contribution in [0.15, 0.2) is 36.9 Å². The van der Waals surface area contributed by atoms with E-state index in [9.17, 15) is 14.4 Å². The second-order valence-electron chi connectivity index (χ2n) is 9.75. The molecule has 3 aliphatic rings. The number of benzene rings is 1. The Balaban J connectivity index is 0.00000342. The van der Waals surface area contributed by atoms with Gasteiger partial charge in [-0.15, -0.1) is 30.7 Å². The monoisotopic (exact) mass is 520 g/mol. The lowest BCUT2D eigenvalue weighted by atomic mass is 9.81. The summed E-state index contributed by atoms with van der Waals surface area (Å²) in [6, 6.07) is 7.40. The number of hydrogen-bond donors (Lipinski definition) is 3. The van der Waals surface area contributed by atoms with Crippen LogP contribution in [0.4, 0.5) is 0 Å². The topological polar surface area (TPSA) is 90.5 Å². The van der Waals surface area contributed by atoms with E-state index >= 15 is 0 Å². The molecule has 1 aliphatic carbocycles. The minimum Gasteiger partial charge on any atom is -0.349 e. The van der Waals surface area contributed by atoms with Gasteiger partial charge in [0.25, 0.3) is 0 Å². The van der Waals surface area contributed by atoms with Crippen LogP contribution in [0.25, 0.3) is 0 Å². The quantitative estimate of drug-likeness (QED) is 0.481. The number of fused-ring (bicyclic) bond motifs is 2. The molecule has 1 aromatic carbocycles. The van der Waals surface area contributed by atoms with Crippen LogP contribution >= 0.6 is 24.2 Å². The van der Waals surface area contributed by atoms with Gasteiger partial charge < -0.3 is 20.9 Å². The van der Waals surface area contributed by atoms with Crippen molar-refractivity contribution in [2.24, 2.45) is 5.41 Å². The summed E-state index contributed by atoms with van der Waals surface area (Å²) in [5, 5.41) is 9.09. The molecule has 0 saturated carbocycles. The molecule has 9 heteroatoms. The lowest BCUT2D eigenvalue weighted by Crippen LogP contribution is -2.53. The molecular formula is C26H37ClN4O3S. The normalized spacial score (nSPS) is 28.6. The minimum absolute atomic E-state index is 0. The predicted octanol–water partition coefficient (Wildman–Crippen LogP) is 2.95. The first-order valence-corrected chi connectivity index (χ1v) is 13.3. The van der Waals surface area contributed by atoms with E-state index in [4.69, 9.17) is 0 Å². The number of carbonyl (C=O) groups is 3. The van der Waals surface area contributed by atoms with Gasteiger partial charge in [0.05, 0.1) is 22.9 Å². The first kappa shape index (κ1) is 27.6. The highest BCUT2D eigenvalue weighted by Gasteiger charge is 2.52. The van der Waals surface area contributed by atoms with Crippen LogP contribution in [-0.4, -0.2) is 59.4 Å². The van der Waals surface area contributed by atoms with Crippen molar-refractivity contribution in [3.05, 3.63) is 48.0 Å². The van der Waals surface area contributed by atoms with E-state index in [0.717, 1.165) is 25.0 Å². The van der Waals surface area contributed by atoms with Gasteiger partial charge in [0, 0.05) is 6.54 Å². The maximum absolute atomic E-state index is 13.8. The van der Waals surface area contributed by atoms with Crippen molar-refractivity contribution in [1.29, 1.82) is 0 Å². The number of hydrogen-bond acceptors (Lipinski definition) is 5. The van der Waals surface area contributed by atoms with E-state index in [1.807, 2.05) is 11.0 Å². The Hall–Kier alpha value is -2.03. The lowest BCUT2D eigenvalue weighted by molar-refractivity contribution is -0.137. The summed E-state index contributed by atoms with van der Waals surface area (Å²) in [6.45, 7) is 6.04. The van der Waals surface area contributed by atoms with E-state index in [-0.39, 0.29) is 47.6 Å². The maximum atomic E-state index is 13.8. The molecule has 2 unspecified atom stereocenters. The van der Waals surface area contributed by atoms with Gasteiger partial charge >= 0.3 is 0 Å². The van der Waals surface area contributed by atoms with Crippen molar-refractivity contribution in [2.45, 2.75) is 68.9 Å². The van der Waals surface area contributed by atoms with Crippen LogP contribution < -0.4 is 16.0 Å². The molecule has 0 aromatic heterocycles. The SMILES string of the molecule is C=CCC1(C(=O)N[C@@H]2CCCc3ccccc32)C[C@@H]2SCC[C@H](NC(=O)C(C)NC)C(=O)N2C1.Cl. The van der Waals surface area contributed by atoms with Gasteiger partial charge in [-0.2, -0.15) is 0 Å². The van der Waals surface area contributed by atoms with Gasteiger partial charge in [0.2, 0.25) is 17.7 Å². The first-order chi connectivity index (χ1) is 16.4. The van der Waals surface area contributed by atoms with Gasteiger partial charge in [0.15, 0.2) is 0 Å². The molecule has 3 amide bonds. The number of nitrogens with one attached hydrogen (secondary N) is 3. The molecule has 1 aromatic rings. The van der Waals surface area contributed by atoms with Gasteiger partial charge in [-0.05, 0) is 69.4 Å². The zero-order valence-electron chi connectivity index (χ0n) is 20.5. The standard InChI is InChI=1S/C26H36N4O3S.ClH/c1-4-13-26(25(33)29-20-11-7-9-18-8-5-6-10-19(18)20)15-22-30(16-26)24(32)21(12-14-34-22)28-23(31)17(2)27-3;/h4-6,8,10,17,20-22,27H,1,7,9,11-16H2,2-3H3,(H,28,31)(H,29,33);1H/t17?,20-,21+,22+,26?;/m1./s1. The Morgan fingerprint density at radius 1 is 1.26 bits per heavy atom. The molecule has 2 aliphatic heterocycles. The maximum Gasteiger partial charge on any atom is 0.246 e. The van der Waals surface area contributed by atoms with Crippen LogP contribution in [-0.2, 0) is 20.8 Å². The molecule has 0 radical (unpaired) electrons. The van der Waals surface area contributed by atoms with E-state index < -0.39 is 11.5 Å². The smallest absolute Gasteiger partial charge is 0.246 e. The van der Waals surface area contributed by atoms with E-state index in [1.54, 1.807) is 31.8 Å². The van der Waals surface area contributed by atoms with Crippen LogP contribution in [0.1, 0.15) is 56.2 Å². The second kappa shape index (κ2) is 11.8. The fourth-order valence-electron chi connectivity index (χ4n) is 5.41. The highest BCUT2D eigenvalue weighted by Crippen LogP contribution is 2.45. The predicted molar refractivity (Wildman–Crippen MR) is 142 cm³/mol. The van der Waals surface area contributed by atoms with Crippen LogP contribution in [0.2, 0.25) is 0 Å². The van der Waals surface area contributed by atoms with E-state index in [0.29, 0.717) is 25.8 Å². The third kappa shape index (κ3) is 5.70. The molecule has 2 fully saturated rings. The number of amides is 3. The molecule has 2 saturated heterocycles. The summed E-state index contributed by atoms with van der Waals surface area (Å²) in [5.74, 6) is 0.482. The summed E-state index contributed by atoms with van der Waals surface area (Å²) in [7, 11) is 1.72. The zero-order chi connectivity index (χ0) is 24.3. The largest absolute Gasteiger partial charge is 0.349 e. The number of allylic oxidation sites excluding steroid dienone is 1. The second-order valence-corrected chi connectivity index (χ2v) is 11.0. The molecular weight excluding hydrogens is 484 g/mol. The molecule has 5 atom stereocenters. The molecule has 7 nitrogen and oxygen atoms in total. The minimum atomic E-state index is -0.703. The molecule has 2 heterocycles. The molecule has 0 spiro atoms. The molecule has 3 N–H and O–H groups in total. The lowest BCUT2D eigenvalue weighted by Gasteiger charge is -2.32. The molecule has 0 bridgehead atoms. The molecule has 4 rings (SSSR count). The number of aryl methyl sites for hydroxylation is 1. The fraction of sp³-hybridized carbons (Fsp3) is 0.577. The summed E-state index contributed by atoms with van der Waals surface area (Å²) in [5.41, 5.74) is 1.80. The Labute approximate surface area is 218 Å². The number of halogens is 1. The third-order valence-corrected chi connectivity index (χ3v) is 8.80. The zero-order valence-corrected chi connectivity index (χ0v) is 22.2. The Morgan fingerprint density at radius 3 is 2.77 bits per heavy atom. The Kier molecular flexibility index (Phi) is 9.29. The summed E-state index contributed by atoms with van der Waals surface area (Å²) in [6.07, 6.45) is 6.52.